The molecule has 8 heteroatoms. The van der Waals surface area contributed by atoms with E-state index >= 15 is 0 Å². The number of rotatable bonds is 5. The summed E-state index contributed by atoms with van der Waals surface area (Å²) in [5.41, 5.74) is -0.980. The number of tetrazole rings is 1. The number of halogens is 2. The molecule has 0 aliphatic heterocycles. The second kappa shape index (κ2) is 4.87. The summed E-state index contributed by atoms with van der Waals surface area (Å²) in [6.07, 6.45) is 0.979. The molecule has 1 heterocycles. The minimum Gasteiger partial charge on any atom is -0.481 e. The summed E-state index contributed by atoms with van der Waals surface area (Å²) in [5.74, 6) is -2.01. The molecule has 2 aromatic rings. The van der Waals surface area contributed by atoms with Gasteiger partial charge < -0.3 is 5.11 Å². The number of nitrogens with zero attached hydrogens (tertiary/aromatic N) is 4. The van der Waals surface area contributed by atoms with Gasteiger partial charge in [-0.1, -0.05) is 6.07 Å². The van der Waals surface area contributed by atoms with Crippen LogP contribution in [0.15, 0.2) is 18.2 Å². The summed E-state index contributed by atoms with van der Waals surface area (Å²) in [7, 11) is 0. The number of aliphatic carboxylic acids is 1. The lowest BCUT2D eigenvalue weighted by Gasteiger charge is -2.11. The van der Waals surface area contributed by atoms with E-state index in [1.807, 2.05) is 0 Å². The Kier molecular flexibility index (Phi) is 3.15. The summed E-state index contributed by atoms with van der Waals surface area (Å²) >= 11 is 0. The average Bonchev–Trinajstić information content (AvgIpc) is 3.09. The van der Waals surface area contributed by atoms with E-state index in [9.17, 15) is 13.6 Å². The van der Waals surface area contributed by atoms with Gasteiger partial charge in [-0.3, -0.25) is 4.79 Å². The van der Waals surface area contributed by atoms with E-state index in [0.29, 0.717) is 12.8 Å². The number of hydrogen-bond donors (Lipinski definition) is 1. The zero-order valence-electron chi connectivity index (χ0n) is 11.0. The van der Waals surface area contributed by atoms with Gasteiger partial charge in [0.05, 0.1) is 12.0 Å². The summed E-state index contributed by atoms with van der Waals surface area (Å²) < 4.78 is 28.6. The normalized spacial score (nSPS) is 15.9. The molecule has 110 valence electrons. The predicted molar refractivity (Wildman–Crippen MR) is 66.3 cm³/mol. The van der Waals surface area contributed by atoms with Crippen LogP contribution in [0.4, 0.5) is 8.78 Å². The molecule has 0 bridgehead atoms. The number of carboxylic acid groups (broad SMARTS) is 1. The summed E-state index contributed by atoms with van der Waals surface area (Å²) in [4.78, 5) is 11.2. The molecular weight excluding hydrogens is 282 g/mol. The van der Waals surface area contributed by atoms with Crippen LogP contribution in [-0.2, 0) is 17.8 Å². The van der Waals surface area contributed by atoms with Gasteiger partial charge in [0, 0.05) is 12.0 Å². The van der Waals surface area contributed by atoms with Crippen molar-refractivity contribution >= 4 is 5.97 Å². The van der Waals surface area contributed by atoms with Crippen LogP contribution in [0, 0.1) is 17.0 Å². The fourth-order valence-electron chi connectivity index (χ4n) is 2.21. The van der Waals surface area contributed by atoms with Gasteiger partial charge >= 0.3 is 5.97 Å². The minimum atomic E-state index is -0.902. The first kappa shape index (κ1) is 13.6. The molecule has 3 rings (SSSR count). The van der Waals surface area contributed by atoms with Gasteiger partial charge in [-0.2, -0.15) is 0 Å². The van der Waals surface area contributed by atoms with Crippen LogP contribution >= 0.6 is 0 Å². The summed E-state index contributed by atoms with van der Waals surface area (Å²) in [5, 5.41) is 20.1. The molecular formula is C13H12F2N4O2. The average molecular weight is 294 g/mol. The van der Waals surface area contributed by atoms with Crippen LogP contribution in [0.5, 0.6) is 0 Å². The number of benzene rings is 1. The third kappa shape index (κ3) is 2.48. The SMILES string of the molecule is O=C(O)C1(Cn2nnnc2Cc2c(F)cccc2F)CC1. The van der Waals surface area contributed by atoms with Crippen LogP contribution in [0.2, 0.25) is 0 Å². The Hall–Kier alpha value is -2.38. The van der Waals surface area contributed by atoms with Crippen molar-refractivity contribution in [1.82, 2.24) is 20.2 Å². The quantitative estimate of drug-likeness (QED) is 0.901. The van der Waals surface area contributed by atoms with E-state index in [1.165, 1.54) is 10.7 Å². The van der Waals surface area contributed by atoms with E-state index in [-0.39, 0.29) is 24.4 Å². The Morgan fingerprint density at radius 3 is 2.57 bits per heavy atom. The molecule has 1 fully saturated rings. The molecule has 0 spiro atoms. The molecule has 0 amide bonds. The van der Waals surface area contributed by atoms with Crippen molar-refractivity contribution in [3.63, 3.8) is 0 Å². The van der Waals surface area contributed by atoms with Gasteiger partial charge in [-0.05, 0) is 35.4 Å². The topological polar surface area (TPSA) is 80.9 Å². The maximum absolute atomic E-state index is 13.6. The molecule has 1 N–H and O–H groups in total. The van der Waals surface area contributed by atoms with E-state index in [1.54, 1.807) is 0 Å². The van der Waals surface area contributed by atoms with Gasteiger partial charge in [0.25, 0.3) is 0 Å². The fraction of sp³-hybridized carbons (Fsp3) is 0.385. The minimum absolute atomic E-state index is 0.112. The fourth-order valence-corrected chi connectivity index (χ4v) is 2.21. The van der Waals surface area contributed by atoms with Gasteiger partial charge in [0.1, 0.15) is 11.6 Å². The van der Waals surface area contributed by atoms with Crippen molar-refractivity contribution < 1.29 is 18.7 Å². The number of hydrogen-bond acceptors (Lipinski definition) is 4. The van der Waals surface area contributed by atoms with Crippen LogP contribution in [0.25, 0.3) is 0 Å². The zero-order chi connectivity index (χ0) is 15.0. The van der Waals surface area contributed by atoms with Crippen LogP contribution < -0.4 is 0 Å². The highest BCUT2D eigenvalue weighted by atomic mass is 19.1. The van der Waals surface area contributed by atoms with Crippen molar-refractivity contribution in [3.05, 3.63) is 41.2 Å². The van der Waals surface area contributed by atoms with Crippen molar-refractivity contribution in [2.75, 3.05) is 0 Å². The van der Waals surface area contributed by atoms with Gasteiger partial charge in [-0.25, -0.2) is 13.5 Å². The van der Waals surface area contributed by atoms with E-state index in [4.69, 9.17) is 5.11 Å². The van der Waals surface area contributed by atoms with Crippen LogP contribution in [0.1, 0.15) is 24.2 Å². The molecule has 0 unspecified atom stereocenters. The van der Waals surface area contributed by atoms with Crippen molar-refractivity contribution in [1.29, 1.82) is 0 Å². The molecule has 1 aliphatic carbocycles. The second-order valence-corrected chi connectivity index (χ2v) is 5.22. The smallest absolute Gasteiger partial charge is 0.311 e. The van der Waals surface area contributed by atoms with Gasteiger partial charge in [0.15, 0.2) is 5.82 Å². The third-order valence-corrected chi connectivity index (χ3v) is 3.76. The highest BCUT2D eigenvalue weighted by Crippen LogP contribution is 2.47. The molecule has 1 aromatic carbocycles. The third-order valence-electron chi connectivity index (χ3n) is 3.76. The summed E-state index contributed by atoms with van der Waals surface area (Å²) in [6.45, 7) is 0.112. The Morgan fingerprint density at radius 1 is 1.33 bits per heavy atom. The summed E-state index contributed by atoms with van der Waals surface area (Å²) in [6, 6.07) is 3.60. The lowest BCUT2D eigenvalue weighted by atomic mass is 10.1. The molecule has 0 saturated heterocycles. The zero-order valence-corrected chi connectivity index (χ0v) is 11.0. The van der Waals surface area contributed by atoms with Gasteiger partial charge in [-0.15, -0.1) is 5.10 Å². The Bertz CT molecular complexity index is 677. The molecule has 1 aliphatic rings. The van der Waals surface area contributed by atoms with E-state index in [0.717, 1.165) is 12.1 Å². The Balaban J connectivity index is 1.85. The first-order valence-corrected chi connectivity index (χ1v) is 6.43. The van der Waals surface area contributed by atoms with Gasteiger partial charge in [0.2, 0.25) is 0 Å². The lowest BCUT2D eigenvalue weighted by Crippen LogP contribution is -2.23. The number of aromatic nitrogens is 4. The Labute approximate surface area is 118 Å². The lowest BCUT2D eigenvalue weighted by molar-refractivity contribution is -0.144. The maximum Gasteiger partial charge on any atom is 0.311 e. The van der Waals surface area contributed by atoms with Crippen LogP contribution in [-0.4, -0.2) is 31.3 Å². The molecule has 1 saturated carbocycles. The standard InChI is InChI=1S/C13H12F2N4O2/c14-9-2-1-3-10(15)8(9)6-11-16-17-18-19(11)7-13(4-5-13)12(20)21/h1-3H,4-7H2,(H,20,21). The molecule has 0 radical (unpaired) electrons. The monoisotopic (exact) mass is 294 g/mol. The molecule has 21 heavy (non-hydrogen) atoms. The predicted octanol–water partition coefficient (Wildman–Crippen LogP) is 1.41. The molecule has 6 nitrogen and oxygen atoms in total. The maximum atomic E-state index is 13.6. The molecule has 1 aromatic heterocycles. The second-order valence-electron chi connectivity index (χ2n) is 5.22. The largest absolute Gasteiger partial charge is 0.481 e. The Morgan fingerprint density at radius 2 is 2.00 bits per heavy atom. The first-order valence-electron chi connectivity index (χ1n) is 6.43. The van der Waals surface area contributed by atoms with Crippen molar-refractivity contribution in [3.8, 4) is 0 Å². The van der Waals surface area contributed by atoms with E-state index in [2.05, 4.69) is 15.5 Å². The number of carbonyl (C=O) groups is 1. The van der Waals surface area contributed by atoms with E-state index < -0.39 is 23.0 Å². The van der Waals surface area contributed by atoms with Crippen molar-refractivity contribution in [2.45, 2.75) is 25.8 Å². The number of carboxylic acids is 1. The highest BCUT2D eigenvalue weighted by molar-refractivity contribution is 5.77. The highest BCUT2D eigenvalue weighted by Gasteiger charge is 2.51. The van der Waals surface area contributed by atoms with Crippen LogP contribution in [0.3, 0.4) is 0 Å². The first-order chi connectivity index (χ1) is 10.0. The van der Waals surface area contributed by atoms with Crippen molar-refractivity contribution in [2.24, 2.45) is 5.41 Å². The molecule has 0 atom stereocenters.